The van der Waals surface area contributed by atoms with Gasteiger partial charge in [0.25, 0.3) is 0 Å². The molecule has 0 bridgehead atoms. The highest BCUT2D eigenvalue weighted by atomic mass is 16.7. The van der Waals surface area contributed by atoms with Crippen molar-refractivity contribution in [2.75, 3.05) is 28.1 Å². The lowest BCUT2D eigenvalue weighted by Crippen LogP contribution is -2.18. The summed E-state index contributed by atoms with van der Waals surface area (Å²) < 4.78 is 34.2. The fourth-order valence-electron chi connectivity index (χ4n) is 4.48. The molecular weight excluding hydrogens is 400 g/mol. The molecule has 1 aliphatic heterocycles. The number of benzene rings is 2. The van der Waals surface area contributed by atoms with E-state index in [9.17, 15) is 4.79 Å². The summed E-state index contributed by atoms with van der Waals surface area (Å²) >= 11 is 0. The molecular formula is C24H28O7. The summed E-state index contributed by atoms with van der Waals surface area (Å²) in [5.41, 5.74) is 3.63. The molecule has 7 nitrogen and oxygen atoms in total. The van der Waals surface area contributed by atoms with E-state index >= 15 is 0 Å². The van der Waals surface area contributed by atoms with Crippen LogP contribution in [0.5, 0.6) is 34.5 Å². The van der Waals surface area contributed by atoms with Crippen LogP contribution in [0.2, 0.25) is 0 Å². The number of ether oxygens (including phenoxy) is 6. The second-order valence-corrected chi connectivity index (χ2v) is 8.11. The van der Waals surface area contributed by atoms with Gasteiger partial charge in [-0.3, -0.25) is 4.79 Å². The summed E-state index contributed by atoms with van der Waals surface area (Å²) in [7, 11) is 4.71. The third-order valence-corrected chi connectivity index (χ3v) is 6.16. The first-order valence-electron chi connectivity index (χ1n) is 10.4. The van der Waals surface area contributed by atoms with Crippen molar-refractivity contribution in [1.29, 1.82) is 0 Å². The van der Waals surface area contributed by atoms with E-state index in [1.165, 1.54) is 14.0 Å². The number of carbonyl (C=O) groups excluding carboxylic acids is 1. The third kappa shape index (κ3) is 3.52. The Kier molecular flexibility index (Phi) is 5.60. The van der Waals surface area contributed by atoms with Crippen LogP contribution in [0.3, 0.4) is 0 Å². The maximum Gasteiger partial charge on any atom is 0.308 e. The molecule has 0 unspecified atom stereocenters. The van der Waals surface area contributed by atoms with Crippen LogP contribution in [0, 0.1) is 11.8 Å². The molecule has 31 heavy (non-hydrogen) atoms. The number of hydrogen-bond donors (Lipinski definition) is 0. The fourth-order valence-corrected chi connectivity index (χ4v) is 4.48. The SMILES string of the molecule is COc1cc2c(c(OC(C)=O)c1OC)-c1c(cc3c(c1OC)OCO3)C[C@@H](C)[C@@H](C)C2. The van der Waals surface area contributed by atoms with Crippen LogP contribution in [0.4, 0.5) is 0 Å². The van der Waals surface area contributed by atoms with Gasteiger partial charge in [0.1, 0.15) is 0 Å². The Morgan fingerprint density at radius 3 is 2.06 bits per heavy atom. The highest BCUT2D eigenvalue weighted by molar-refractivity contribution is 5.90. The molecule has 0 saturated heterocycles. The van der Waals surface area contributed by atoms with E-state index < -0.39 is 5.97 Å². The molecule has 0 radical (unpaired) electrons. The first kappa shape index (κ1) is 21.2. The predicted molar refractivity (Wildman–Crippen MR) is 115 cm³/mol. The van der Waals surface area contributed by atoms with Gasteiger partial charge in [0, 0.05) is 18.1 Å². The van der Waals surface area contributed by atoms with Gasteiger partial charge in [0.2, 0.25) is 18.3 Å². The lowest BCUT2D eigenvalue weighted by Gasteiger charge is -2.30. The molecule has 2 aromatic carbocycles. The van der Waals surface area contributed by atoms with Gasteiger partial charge in [0.05, 0.1) is 21.3 Å². The van der Waals surface area contributed by atoms with Gasteiger partial charge in [-0.15, -0.1) is 0 Å². The van der Waals surface area contributed by atoms with E-state index in [2.05, 4.69) is 13.8 Å². The number of carbonyl (C=O) groups is 1. The van der Waals surface area contributed by atoms with Gasteiger partial charge in [-0.2, -0.15) is 0 Å². The maximum absolute atomic E-state index is 12.1. The van der Waals surface area contributed by atoms with Crippen molar-refractivity contribution in [1.82, 2.24) is 0 Å². The Morgan fingerprint density at radius 1 is 0.871 bits per heavy atom. The molecule has 0 spiro atoms. The van der Waals surface area contributed by atoms with Crippen LogP contribution in [0.25, 0.3) is 11.1 Å². The minimum Gasteiger partial charge on any atom is -0.493 e. The normalized spacial score (nSPS) is 18.9. The smallest absolute Gasteiger partial charge is 0.308 e. The second kappa shape index (κ2) is 8.21. The van der Waals surface area contributed by atoms with E-state index in [0.29, 0.717) is 46.3 Å². The lowest BCUT2D eigenvalue weighted by atomic mass is 9.77. The van der Waals surface area contributed by atoms with Crippen molar-refractivity contribution in [2.24, 2.45) is 11.8 Å². The highest BCUT2D eigenvalue weighted by Gasteiger charge is 2.34. The number of rotatable bonds is 4. The summed E-state index contributed by atoms with van der Waals surface area (Å²) in [6, 6.07) is 3.97. The molecule has 1 heterocycles. The first-order chi connectivity index (χ1) is 14.9. The van der Waals surface area contributed by atoms with Gasteiger partial charge >= 0.3 is 5.97 Å². The molecule has 0 aromatic heterocycles. The minimum atomic E-state index is -0.446. The van der Waals surface area contributed by atoms with Crippen LogP contribution in [-0.2, 0) is 17.6 Å². The molecule has 2 aromatic rings. The largest absolute Gasteiger partial charge is 0.493 e. The van der Waals surface area contributed by atoms with Gasteiger partial charge in [-0.25, -0.2) is 0 Å². The van der Waals surface area contributed by atoms with Crippen molar-refractivity contribution in [3.8, 4) is 45.6 Å². The van der Waals surface area contributed by atoms with Crippen LogP contribution >= 0.6 is 0 Å². The Morgan fingerprint density at radius 2 is 1.48 bits per heavy atom. The Bertz CT molecular complexity index is 1030. The van der Waals surface area contributed by atoms with Gasteiger partial charge < -0.3 is 28.4 Å². The van der Waals surface area contributed by atoms with E-state index in [1.54, 1.807) is 14.2 Å². The molecule has 4 rings (SSSR count). The number of fused-ring (bicyclic) bond motifs is 4. The van der Waals surface area contributed by atoms with Crippen molar-refractivity contribution in [2.45, 2.75) is 33.6 Å². The number of esters is 1. The highest BCUT2D eigenvalue weighted by Crippen LogP contribution is 2.56. The molecule has 7 heteroatoms. The average molecular weight is 428 g/mol. The Balaban J connectivity index is 2.14. The summed E-state index contributed by atoms with van der Waals surface area (Å²) in [6.07, 6.45) is 1.60. The predicted octanol–water partition coefficient (Wildman–Crippen LogP) is 4.40. The Hall–Kier alpha value is -3.09. The van der Waals surface area contributed by atoms with Crippen molar-refractivity contribution in [3.63, 3.8) is 0 Å². The van der Waals surface area contributed by atoms with Gasteiger partial charge in [-0.05, 0) is 47.9 Å². The van der Waals surface area contributed by atoms with Gasteiger partial charge in [-0.1, -0.05) is 13.8 Å². The van der Waals surface area contributed by atoms with Crippen molar-refractivity contribution >= 4 is 5.97 Å². The molecule has 0 N–H and O–H groups in total. The zero-order valence-electron chi connectivity index (χ0n) is 18.8. The van der Waals surface area contributed by atoms with Crippen LogP contribution < -0.4 is 28.4 Å². The van der Waals surface area contributed by atoms with Crippen molar-refractivity contribution < 1.29 is 33.2 Å². The summed E-state index contributed by atoms with van der Waals surface area (Å²) in [5.74, 6) is 3.32. The van der Waals surface area contributed by atoms with E-state index in [0.717, 1.165) is 35.1 Å². The number of methoxy groups -OCH3 is 3. The molecule has 0 amide bonds. The van der Waals surface area contributed by atoms with E-state index in [4.69, 9.17) is 28.4 Å². The summed E-state index contributed by atoms with van der Waals surface area (Å²) in [4.78, 5) is 12.1. The molecule has 0 saturated carbocycles. The molecule has 1 aliphatic carbocycles. The molecule has 2 aliphatic rings. The second-order valence-electron chi connectivity index (χ2n) is 8.11. The lowest BCUT2D eigenvalue weighted by molar-refractivity contribution is -0.131. The summed E-state index contributed by atoms with van der Waals surface area (Å²) in [5, 5.41) is 0. The molecule has 2 atom stereocenters. The monoisotopic (exact) mass is 428 g/mol. The van der Waals surface area contributed by atoms with E-state index in [-0.39, 0.29) is 6.79 Å². The molecule has 166 valence electrons. The zero-order valence-corrected chi connectivity index (χ0v) is 18.8. The third-order valence-electron chi connectivity index (χ3n) is 6.16. The quantitative estimate of drug-likeness (QED) is 0.528. The summed E-state index contributed by atoms with van der Waals surface area (Å²) in [6.45, 7) is 5.98. The first-order valence-corrected chi connectivity index (χ1v) is 10.4. The van der Waals surface area contributed by atoms with Crippen LogP contribution in [0.1, 0.15) is 31.9 Å². The fraction of sp³-hybridized carbons (Fsp3) is 0.458. The van der Waals surface area contributed by atoms with Gasteiger partial charge in [0.15, 0.2) is 23.0 Å². The van der Waals surface area contributed by atoms with Crippen molar-refractivity contribution in [3.05, 3.63) is 23.3 Å². The average Bonchev–Trinajstić information content (AvgIpc) is 3.19. The maximum atomic E-state index is 12.1. The zero-order chi connectivity index (χ0) is 22.3. The van der Waals surface area contributed by atoms with Crippen LogP contribution in [-0.4, -0.2) is 34.1 Å². The standard InChI is InChI=1S/C24H28O7/c1-12-7-15-9-17(26-4)21(27-5)24(31-14(3)25)20(15)19-16(8-13(12)2)10-18-22(23(19)28-6)30-11-29-18/h9-10,12-13H,7-8,11H2,1-6H3/t12-,13+/m0/s1. The minimum absolute atomic E-state index is 0.135. The number of hydrogen-bond acceptors (Lipinski definition) is 7. The van der Waals surface area contributed by atoms with Crippen LogP contribution in [0.15, 0.2) is 12.1 Å². The topological polar surface area (TPSA) is 72.5 Å². The molecule has 0 fully saturated rings. The van der Waals surface area contributed by atoms with E-state index in [1.807, 2.05) is 12.1 Å². The Labute approximate surface area is 182 Å².